The summed E-state index contributed by atoms with van der Waals surface area (Å²) in [7, 11) is 3.95. The van der Waals surface area contributed by atoms with Crippen LogP contribution in [0.1, 0.15) is 17.7 Å². The van der Waals surface area contributed by atoms with Gasteiger partial charge >= 0.3 is 0 Å². The minimum Gasteiger partial charge on any atom is -0.309 e. The molecule has 0 aliphatic carbocycles. The number of aromatic amines is 1. The van der Waals surface area contributed by atoms with Crippen LogP contribution in [0, 0.1) is 0 Å². The molecule has 1 aliphatic heterocycles. The highest BCUT2D eigenvalue weighted by molar-refractivity contribution is 8.18. The molecule has 3 aromatic rings. The molecule has 0 unspecified atom stereocenters. The van der Waals surface area contributed by atoms with E-state index in [-0.39, 0.29) is 11.8 Å². The van der Waals surface area contributed by atoms with Crippen molar-refractivity contribution in [3.05, 3.63) is 40.4 Å². The van der Waals surface area contributed by atoms with Crippen LogP contribution in [0.5, 0.6) is 0 Å². The lowest BCUT2D eigenvalue weighted by Gasteiger charge is -2.08. The number of amides is 2. The molecule has 2 aromatic heterocycles. The Kier molecular flexibility index (Phi) is 6.44. The zero-order valence-electron chi connectivity index (χ0n) is 17.0. The van der Waals surface area contributed by atoms with E-state index in [1.54, 1.807) is 18.5 Å². The molecule has 2 amide bonds. The zero-order chi connectivity index (χ0) is 21.8. The van der Waals surface area contributed by atoms with Gasteiger partial charge in [0.05, 0.1) is 27.2 Å². The number of thioether (sulfide) groups is 1. The van der Waals surface area contributed by atoms with Crippen molar-refractivity contribution in [3.63, 3.8) is 0 Å². The molecule has 3 heterocycles. The molecule has 1 fully saturated rings. The highest BCUT2D eigenvalue weighted by atomic mass is 32.2. The zero-order valence-corrected chi connectivity index (χ0v) is 18.6. The first-order valence-corrected chi connectivity index (χ1v) is 11.2. The Balaban J connectivity index is 1.39. The maximum atomic E-state index is 12.3. The molecule has 1 aliphatic rings. The average Bonchev–Trinajstić information content (AvgIpc) is 3.43. The molecule has 0 radical (unpaired) electrons. The number of rotatable bonds is 7. The average molecular weight is 456 g/mol. The fourth-order valence-electron chi connectivity index (χ4n) is 2.87. The van der Waals surface area contributed by atoms with E-state index in [4.69, 9.17) is 0 Å². The molecule has 3 N–H and O–H groups in total. The van der Waals surface area contributed by atoms with Gasteiger partial charge < -0.3 is 15.5 Å². The lowest BCUT2D eigenvalue weighted by molar-refractivity contribution is -0.116. The second-order valence-electron chi connectivity index (χ2n) is 7.15. The first-order chi connectivity index (χ1) is 15.0. The number of hydrogen-bond acceptors (Lipinski definition) is 8. The normalized spacial score (nSPS) is 16.5. The van der Waals surface area contributed by atoms with Crippen LogP contribution in [0.2, 0.25) is 0 Å². The van der Waals surface area contributed by atoms with E-state index in [2.05, 4.69) is 30.8 Å². The van der Waals surface area contributed by atoms with Crippen LogP contribution in [0.25, 0.3) is 17.0 Å². The number of aromatic nitrogens is 3. The number of hydrogen-bond donors (Lipinski definition) is 3. The number of amidine groups is 1. The number of carbonyl (C=O) groups is 2. The number of fused-ring (bicyclic) bond motifs is 1. The van der Waals surface area contributed by atoms with Gasteiger partial charge in [-0.2, -0.15) is 5.10 Å². The van der Waals surface area contributed by atoms with Gasteiger partial charge in [-0.3, -0.25) is 14.7 Å². The highest BCUT2D eigenvalue weighted by Gasteiger charge is 2.24. The van der Waals surface area contributed by atoms with Crippen LogP contribution in [-0.4, -0.2) is 57.7 Å². The maximum Gasteiger partial charge on any atom is 0.264 e. The Hall–Kier alpha value is -3.02. The Morgan fingerprint density at radius 1 is 1.32 bits per heavy atom. The largest absolute Gasteiger partial charge is 0.309 e. The van der Waals surface area contributed by atoms with E-state index in [0.717, 1.165) is 34.4 Å². The third-order valence-corrected chi connectivity index (χ3v) is 6.13. The van der Waals surface area contributed by atoms with Gasteiger partial charge in [-0.15, -0.1) is 0 Å². The van der Waals surface area contributed by atoms with Crippen LogP contribution < -0.4 is 10.6 Å². The summed E-state index contributed by atoms with van der Waals surface area (Å²) in [6.07, 6.45) is 6.36. The summed E-state index contributed by atoms with van der Waals surface area (Å²) in [4.78, 5) is 36.4. The summed E-state index contributed by atoms with van der Waals surface area (Å²) < 4.78 is 0. The van der Waals surface area contributed by atoms with Crippen molar-refractivity contribution >= 4 is 67.9 Å². The minimum atomic E-state index is -0.214. The number of benzene rings is 1. The lowest BCUT2D eigenvalue weighted by atomic mass is 10.2. The van der Waals surface area contributed by atoms with Gasteiger partial charge in [-0.1, -0.05) is 11.3 Å². The van der Waals surface area contributed by atoms with Gasteiger partial charge in [0.1, 0.15) is 0 Å². The second-order valence-corrected chi connectivity index (χ2v) is 9.24. The quantitative estimate of drug-likeness (QED) is 0.471. The Morgan fingerprint density at radius 2 is 2.19 bits per heavy atom. The predicted octanol–water partition coefficient (Wildman–Crippen LogP) is 3.19. The molecule has 0 bridgehead atoms. The van der Waals surface area contributed by atoms with E-state index in [0.29, 0.717) is 21.6 Å². The number of anilines is 1. The fourth-order valence-corrected chi connectivity index (χ4v) is 4.55. The molecule has 160 valence electrons. The fraction of sp³-hybridized carbons (Fsp3) is 0.250. The number of carbonyl (C=O) groups excluding carboxylic acids is 2. The highest BCUT2D eigenvalue weighted by Crippen LogP contribution is 2.30. The first kappa shape index (κ1) is 21.2. The van der Waals surface area contributed by atoms with E-state index >= 15 is 0 Å². The molecule has 0 spiro atoms. The van der Waals surface area contributed by atoms with Crippen LogP contribution in [0.15, 0.2) is 40.5 Å². The van der Waals surface area contributed by atoms with Crippen molar-refractivity contribution in [1.82, 2.24) is 25.4 Å². The predicted molar refractivity (Wildman–Crippen MR) is 125 cm³/mol. The summed E-state index contributed by atoms with van der Waals surface area (Å²) in [5.74, 6) is -0.277. The Bertz CT molecular complexity index is 1180. The number of nitrogens with zero attached hydrogens (tertiary/aromatic N) is 4. The van der Waals surface area contributed by atoms with Gasteiger partial charge in [0.2, 0.25) is 5.91 Å². The monoisotopic (exact) mass is 455 g/mol. The summed E-state index contributed by atoms with van der Waals surface area (Å²) in [6, 6.07) is 5.67. The van der Waals surface area contributed by atoms with Gasteiger partial charge in [0, 0.05) is 18.0 Å². The standard InChI is InChI=1S/C20H21N7O2S2/c1-27(2)7-3-4-17(28)24-19-21-11-14(30-19)9-16-18(29)25-20(31-16)23-13-6-5-12-10-22-26-15(12)8-13/h5-6,8-11H,3-4,7H2,1-2H3,(H,22,26)(H,21,24,28)(H,23,25,29). The molecular weight excluding hydrogens is 434 g/mol. The van der Waals surface area contributed by atoms with Gasteiger partial charge in [0.15, 0.2) is 10.3 Å². The first-order valence-electron chi connectivity index (χ1n) is 9.59. The molecule has 9 nitrogen and oxygen atoms in total. The second kappa shape index (κ2) is 9.41. The van der Waals surface area contributed by atoms with Crippen molar-refractivity contribution in [2.75, 3.05) is 26.0 Å². The van der Waals surface area contributed by atoms with Crippen LogP contribution in [0.3, 0.4) is 0 Å². The summed E-state index contributed by atoms with van der Waals surface area (Å²) in [5.41, 5.74) is 1.60. The minimum absolute atomic E-state index is 0.0629. The molecule has 0 atom stereocenters. The van der Waals surface area contributed by atoms with Crippen LogP contribution in [0.4, 0.5) is 10.8 Å². The molecule has 1 saturated heterocycles. The van der Waals surface area contributed by atoms with Crippen LogP contribution in [-0.2, 0) is 9.59 Å². The third-order valence-electron chi connectivity index (χ3n) is 4.36. The van der Waals surface area contributed by atoms with Gasteiger partial charge in [-0.05, 0) is 63.1 Å². The Morgan fingerprint density at radius 3 is 3.03 bits per heavy atom. The van der Waals surface area contributed by atoms with E-state index in [9.17, 15) is 9.59 Å². The van der Waals surface area contributed by atoms with E-state index < -0.39 is 0 Å². The van der Waals surface area contributed by atoms with Crippen molar-refractivity contribution < 1.29 is 9.59 Å². The van der Waals surface area contributed by atoms with Gasteiger partial charge in [0.25, 0.3) is 5.91 Å². The number of aliphatic imine (C=N–C) groups is 1. The summed E-state index contributed by atoms with van der Waals surface area (Å²) >= 11 is 2.59. The molecular formula is C20H21N7O2S2. The van der Waals surface area contributed by atoms with Crippen molar-refractivity contribution in [2.24, 2.45) is 4.99 Å². The smallest absolute Gasteiger partial charge is 0.264 e. The lowest BCUT2D eigenvalue weighted by Crippen LogP contribution is -2.19. The molecule has 11 heteroatoms. The summed E-state index contributed by atoms with van der Waals surface area (Å²) in [6.45, 7) is 0.856. The number of thiazole rings is 1. The number of nitrogens with one attached hydrogen (secondary N) is 3. The maximum absolute atomic E-state index is 12.3. The Labute approximate surface area is 187 Å². The van der Waals surface area contributed by atoms with Crippen molar-refractivity contribution in [2.45, 2.75) is 12.8 Å². The van der Waals surface area contributed by atoms with Crippen molar-refractivity contribution in [1.29, 1.82) is 0 Å². The molecule has 31 heavy (non-hydrogen) atoms. The topological polar surface area (TPSA) is 115 Å². The molecule has 0 saturated carbocycles. The molecule has 1 aromatic carbocycles. The third kappa shape index (κ3) is 5.57. The van der Waals surface area contributed by atoms with Crippen molar-refractivity contribution in [3.8, 4) is 0 Å². The van der Waals surface area contributed by atoms with E-state index in [1.165, 1.54) is 23.1 Å². The van der Waals surface area contributed by atoms with E-state index in [1.807, 2.05) is 37.2 Å². The van der Waals surface area contributed by atoms with Gasteiger partial charge in [-0.25, -0.2) is 9.98 Å². The number of H-pyrrole nitrogens is 1. The summed E-state index contributed by atoms with van der Waals surface area (Å²) in [5, 5.41) is 14.5. The van der Waals surface area contributed by atoms with Crippen LogP contribution >= 0.6 is 23.1 Å². The molecule has 4 rings (SSSR count). The SMILES string of the molecule is CN(C)CCCC(=O)Nc1ncc(C=C2SC(=Nc3ccc4cn[nH]c4c3)NC2=O)s1.